The Labute approximate surface area is 139 Å². The minimum absolute atomic E-state index is 1.06. The van der Waals surface area contributed by atoms with Crippen molar-refractivity contribution < 1.29 is 0 Å². The number of benzene rings is 1. The molecular weight excluding hydrogens is 324 g/mol. The molecule has 0 spiro atoms. The van der Waals surface area contributed by atoms with Crippen LogP contribution < -0.4 is 10.6 Å². The van der Waals surface area contributed by atoms with Crippen molar-refractivity contribution in [1.82, 2.24) is 0 Å². The quantitative estimate of drug-likeness (QED) is 0.422. The summed E-state index contributed by atoms with van der Waals surface area (Å²) in [5.41, 5.74) is 2.40. The van der Waals surface area contributed by atoms with Crippen LogP contribution in [0.1, 0.15) is 65.2 Å². The van der Waals surface area contributed by atoms with E-state index >= 15 is 0 Å². The summed E-state index contributed by atoms with van der Waals surface area (Å²) in [6, 6.07) is 6.51. The van der Waals surface area contributed by atoms with Gasteiger partial charge in [0.15, 0.2) is 0 Å². The molecule has 0 fully saturated rings. The fourth-order valence-electron chi connectivity index (χ4n) is 2.33. The molecule has 0 amide bonds. The molecule has 0 heterocycles. The van der Waals surface area contributed by atoms with Crippen LogP contribution in [0.5, 0.6) is 0 Å². The van der Waals surface area contributed by atoms with Crippen molar-refractivity contribution in [3.63, 3.8) is 0 Å². The summed E-state index contributed by atoms with van der Waals surface area (Å²) in [5.74, 6) is 0. The summed E-state index contributed by atoms with van der Waals surface area (Å²) in [4.78, 5) is 0. The minimum Gasteiger partial charge on any atom is -0.385 e. The molecule has 0 aromatic heterocycles. The average Bonchev–Trinajstić information content (AvgIpc) is 2.48. The van der Waals surface area contributed by atoms with Crippen LogP contribution in [0.2, 0.25) is 0 Å². The normalized spacial score (nSPS) is 10.6. The topological polar surface area (TPSA) is 24.1 Å². The molecule has 0 saturated carbocycles. The lowest BCUT2D eigenvalue weighted by atomic mass is 10.2. The maximum Gasteiger partial charge on any atom is 0.0486 e. The van der Waals surface area contributed by atoms with Gasteiger partial charge in [-0.3, -0.25) is 0 Å². The summed E-state index contributed by atoms with van der Waals surface area (Å²) in [6.45, 7) is 6.62. The van der Waals surface area contributed by atoms with Crippen LogP contribution in [0.25, 0.3) is 0 Å². The molecule has 0 aliphatic rings. The second-order valence-corrected chi connectivity index (χ2v) is 6.52. The summed E-state index contributed by atoms with van der Waals surface area (Å²) < 4.78 is 1.15. The van der Waals surface area contributed by atoms with Gasteiger partial charge in [0.1, 0.15) is 0 Å². The predicted octanol–water partition coefficient (Wildman–Crippen LogP) is 6.43. The number of hydrogen-bond donors (Lipinski definition) is 2. The van der Waals surface area contributed by atoms with E-state index in [1.54, 1.807) is 0 Å². The zero-order chi connectivity index (χ0) is 15.3. The average molecular weight is 355 g/mol. The van der Waals surface area contributed by atoms with Gasteiger partial charge in [-0.05, 0) is 47.0 Å². The van der Waals surface area contributed by atoms with Gasteiger partial charge in [-0.2, -0.15) is 0 Å². The SMILES string of the molecule is CCCCCCNc1ccc(NCCCCCC)c(Br)c1. The third-order valence-corrected chi connectivity index (χ3v) is 4.33. The van der Waals surface area contributed by atoms with Gasteiger partial charge in [0.25, 0.3) is 0 Å². The Morgan fingerprint density at radius 3 is 2.00 bits per heavy atom. The van der Waals surface area contributed by atoms with Crippen LogP contribution >= 0.6 is 15.9 Å². The van der Waals surface area contributed by atoms with Crippen molar-refractivity contribution in [2.75, 3.05) is 23.7 Å². The molecule has 1 aromatic carbocycles. The molecule has 0 aliphatic carbocycles. The number of unbranched alkanes of at least 4 members (excludes halogenated alkanes) is 6. The summed E-state index contributed by atoms with van der Waals surface area (Å²) in [7, 11) is 0. The van der Waals surface area contributed by atoms with Gasteiger partial charge in [0.2, 0.25) is 0 Å². The van der Waals surface area contributed by atoms with Crippen molar-refractivity contribution in [2.24, 2.45) is 0 Å². The van der Waals surface area contributed by atoms with E-state index in [9.17, 15) is 0 Å². The standard InChI is InChI=1S/C18H31BrN2/c1-3-5-7-9-13-20-16-11-12-18(17(19)15-16)21-14-10-8-6-4-2/h11-12,15,20-21H,3-10,13-14H2,1-2H3. The summed E-state index contributed by atoms with van der Waals surface area (Å²) in [6.07, 6.45) is 10.4. The molecule has 0 saturated heterocycles. The van der Waals surface area contributed by atoms with E-state index in [0.29, 0.717) is 0 Å². The van der Waals surface area contributed by atoms with E-state index in [-0.39, 0.29) is 0 Å². The molecule has 0 atom stereocenters. The van der Waals surface area contributed by atoms with Crippen molar-refractivity contribution in [2.45, 2.75) is 65.2 Å². The highest BCUT2D eigenvalue weighted by atomic mass is 79.9. The van der Waals surface area contributed by atoms with Gasteiger partial charge in [0.05, 0.1) is 0 Å². The van der Waals surface area contributed by atoms with E-state index in [4.69, 9.17) is 0 Å². The van der Waals surface area contributed by atoms with Crippen LogP contribution in [-0.4, -0.2) is 13.1 Å². The highest BCUT2D eigenvalue weighted by Gasteiger charge is 2.01. The largest absolute Gasteiger partial charge is 0.385 e. The first-order valence-corrected chi connectivity index (χ1v) is 9.34. The van der Waals surface area contributed by atoms with Crippen molar-refractivity contribution in [1.29, 1.82) is 0 Å². The summed E-state index contributed by atoms with van der Waals surface area (Å²) >= 11 is 3.66. The predicted molar refractivity (Wildman–Crippen MR) is 99.4 cm³/mol. The molecule has 21 heavy (non-hydrogen) atoms. The highest BCUT2D eigenvalue weighted by molar-refractivity contribution is 9.10. The second-order valence-electron chi connectivity index (χ2n) is 5.67. The third kappa shape index (κ3) is 8.35. The Morgan fingerprint density at radius 1 is 0.810 bits per heavy atom. The molecule has 0 unspecified atom stereocenters. The lowest BCUT2D eigenvalue weighted by Gasteiger charge is -2.11. The number of hydrogen-bond acceptors (Lipinski definition) is 2. The van der Waals surface area contributed by atoms with E-state index < -0.39 is 0 Å². The van der Waals surface area contributed by atoms with Crippen molar-refractivity contribution >= 4 is 27.3 Å². The molecule has 0 bridgehead atoms. The fourth-order valence-corrected chi connectivity index (χ4v) is 2.85. The fraction of sp³-hybridized carbons (Fsp3) is 0.667. The van der Waals surface area contributed by atoms with Crippen LogP contribution in [0.15, 0.2) is 22.7 Å². The molecular formula is C18H31BrN2. The monoisotopic (exact) mass is 354 g/mol. The summed E-state index contributed by atoms with van der Waals surface area (Å²) in [5, 5.41) is 7.01. The van der Waals surface area contributed by atoms with Crippen molar-refractivity contribution in [3.05, 3.63) is 22.7 Å². The Bertz CT molecular complexity index is 379. The van der Waals surface area contributed by atoms with Crippen LogP contribution in [0, 0.1) is 0 Å². The first-order valence-electron chi connectivity index (χ1n) is 8.55. The number of halogens is 1. The first-order chi connectivity index (χ1) is 10.3. The van der Waals surface area contributed by atoms with Crippen molar-refractivity contribution in [3.8, 4) is 0 Å². The number of nitrogens with one attached hydrogen (secondary N) is 2. The molecule has 1 aromatic rings. The van der Waals surface area contributed by atoms with Gasteiger partial charge in [-0.15, -0.1) is 0 Å². The maximum absolute atomic E-state index is 3.66. The highest BCUT2D eigenvalue weighted by Crippen LogP contribution is 2.26. The molecule has 1 rings (SSSR count). The zero-order valence-corrected chi connectivity index (χ0v) is 15.3. The van der Waals surface area contributed by atoms with Gasteiger partial charge in [-0.25, -0.2) is 0 Å². The maximum atomic E-state index is 3.66. The Morgan fingerprint density at radius 2 is 1.43 bits per heavy atom. The Kier molecular flexibility index (Phi) is 10.4. The zero-order valence-electron chi connectivity index (χ0n) is 13.7. The van der Waals surface area contributed by atoms with E-state index in [2.05, 4.69) is 58.6 Å². The Hall–Kier alpha value is -0.700. The molecule has 3 heteroatoms. The van der Waals surface area contributed by atoms with Crippen LogP contribution in [-0.2, 0) is 0 Å². The third-order valence-electron chi connectivity index (χ3n) is 3.67. The van der Waals surface area contributed by atoms with Gasteiger partial charge in [0, 0.05) is 28.9 Å². The molecule has 2 nitrogen and oxygen atoms in total. The van der Waals surface area contributed by atoms with Gasteiger partial charge in [-0.1, -0.05) is 52.4 Å². The second kappa shape index (κ2) is 11.9. The van der Waals surface area contributed by atoms with E-state index in [0.717, 1.165) is 17.6 Å². The lowest BCUT2D eigenvalue weighted by molar-refractivity contribution is 0.684. The lowest BCUT2D eigenvalue weighted by Crippen LogP contribution is -2.04. The van der Waals surface area contributed by atoms with Gasteiger partial charge < -0.3 is 10.6 Å². The molecule has 2 N–H and O–H groups in total. The number of anilines is 2. The molecule has 120 valence electrons. The van der Waals surface area contributed by atoms with Crippen LogP contribution in [0.3, 0.4) is 0 Å². The minimum atomic E-state index is 1.06. The Balaban J connectivity index is 2.27. The van der Waals surface area contributed by atoms with E-state index in [1.165, 1.54) is 62.7 Å². The molecule has 0 aliphatic heterocycles. The first kappa shape index (κ1) is 18.3. The van der Waals surface area contributed by atoms with Gasteiger partial charge >= 0.3 is 0 Å². The van der Waals surface area contributed by atoms with Crippen LogP contribution in [0.4, 0.5) is 11.4 Å². The smallest absolute Gasteiger partial charge is 0.0486 e. The molecule has 0 radical (unpaired) electrons. The van der Waals surface area contributed by atoms with E-state index in [1.807, 2.05) is 0 Å². The number of rotatable bonds is 12.